The van der Waals surface area contributed by atoms with Crippen molar-refractivity contribution in [3.63, 3.8) is 0 Å². The molecular weight excluding hydrogens is 287 g/mol. The number of likely N-dealkylation sites (N-methyl/N-ethyl adjacent to an activating group) is 2. The molecule has 0 saturated carbocycles. The lowest BCUT2D eigenvalue weighted by Crippen LogP contribution is -2.34. The van der Waals surface area contributed by atoms with E-state index in [0.29, 0.717) is 6.07 Å². The van der Waals surface area contributed by atoms with E-state index in [4.69, 9.17) is 0 Å². The highest BCUT2D eigenvalue weighted by molar-refractivity contribution is 5.65. The normalized spacial score (nSPS) is 19.8. The molecule has 0 N–H and O–H groups in total. The van der Waals surface area contributed by atoms with Crippen LogP contribution in [0, 0.1) is 10.1 Å². The zero-order valence-electron chi connectivity index (χ0n) is 11.7. The highest BCUT2D eigenvalue weighted by atomic mass is 19.4. The first-order chi connectivity index (χ1) is 9.70. The molecule has 1 aromatic carbocycles. The largest absolute Gasteiger partial charge is 0.416 e. The number of benzene rings is 1. The minimum atomic E-state index is -4.59. The zero-order chi connectivity index (χ0) is 15.8. The molecule has 116 valence electrons. The quantitative estimate of drug-likeness (QED) is 0.636. The number of halogens is 3. The van der Waals surface area contributed by atoms with Gasteiger partial charge in [0.15, 0.2) is 0 Å². The van der Waals surface area contributed by atoms with Gasteiger partial charge in [0.1, 0.15) is 5.69 Å². The minimum absolute atomic E-state index is 0.0606. The van der Waals surface area contributed by atoms with Crippen molar-refractivity contribution in [2.75, 3.05) is 32.1 Å². The third kappa shape index (κ3) is 3.26. The zero-order valence-corrected chi connectivity index (χ0v) is 11.7. The second kappa shape index (κ2) is 5.51. The predicted molar refractivity (Wildman–Crippen MR) is 72.4 cm³/mol. The maximum absolute atomic E-state index is 12.7. The molecule has 0 bridgehead atoms. The monoisotopic (exact) mass is 303 g/mol. The number of anilines is 1. The fourth-order valence-corrected chi connectivity index (χ4v) is 2.57. The van der Waals surface area contributed by atoms with Gasteiger partial charge in [0.05, 0.1) is 10.5 Å². The molecule has 1 heterocycles. The van der Waals surface area contributed by atoms with Crippen molar-refractivity contribution >= 4 is 11.4 Å². The molecule has 1 atom stereocenters. The summed E-state index contributed by atoms with van der Waals surface area (Å²) < 4.78 is 38.0. The molecule has 0 spiro atoms. The van der Waals surface area contributed by atoms with E-state index < -0.39 is 22.4 Å². The van der Waals surface area contributed by atoms with E-state index >= 15 is 0 Å². The maximum atomic E-state index is 12.7. The SMILES string of the molecule is CN1CCC(N(C)c2ccc(C(F)(F)F)cc2[N+](=O)[O-])C1. The Hall–Kier alpha value is -1.83. The van der Waals surface area contributed by atoms with Crippen molar-refractivity contribution in [3.05, 3.63) is 33.9 Å². The molecule has 5 nitrogen and oxygen atoms in total. The van der Waals surface area contributed by atoms with Crippen molar-refractivity contribution < 1.29 is 18.1 Å². The van der Waals surface area contributed by atoms with Crippen LogP contribution in [0.4, 0.5) is 24.5 Å². The van der Waals surface area contributed by atoms with Crippen LogP contribution >= 0.6 is 0 Å². The van der Waals surface area contributed by atoms with Gasteiger partial charge in [-0.15, -0.1) is 0 Å². The Bertz CT molecular complexity index is 548. The number of nitro benzene ring substituents is 1. The lowest BCUT2D eigenvalue weighted by molar-refractivity contribution is -0.384. The molecular formula is C13H16F3N3O2. The number of likely N-dealkylation sites (tertiary alicyclic amines) is 1. The van der Waals surface area contributed by atoms with Crippen LogP contribution in [0.25, 0.3) is 0 Å². The highest BCUT2D eigenvalue weighted by Crippen LogP contribution is 2.37. The summed E-state index contributed by atoms with van der Waals surface area (Å²) in [5, 5.41) is 11.1. The summed E-state index contributed by atoms with van der Waals surface area (Å²) in [6.45, 7) is 1.60. The molecule has 0 amide bonds. The Morgan fingerprint density at radius 2 is 2.10 bits per heavy atom. The van der Waals surface area contributed by atoms with Crippen molar-refractivity contribution in [2.24, 2.45) is 0 Å². The van der Waals surface area contributed by atoms with Crippen molar-refractivity contribution in [2.45, 2.75) is 18.6 Å². The third-order valence-electron chi connectivity index (χ3n) is 3.79. The van der Waals surface area contributed by atoms with Crippen LogP contribution in [0.2, 0.25) is 0 Å². The van der Waals surface area contributed by atoms with E-state index in [1.54, 1.807) is 11.9 Å². The van der Waals surface area contributed by atoms with Crippen LogP contribution in [0.5, 0.6) is 0 Å². The van der Waals surface area contributed by atoms with E-state index in [0.717, 1.165) is 25.6 Å². The number of nitrogens with zero attached hydrogens (tertiary/aromatic N) is 3. The molecule has 0 aliphatic carbocycles. The number of nitro groups is 1. The van der Waals surface area contributed by atoms with Crippen LogP contribution in [-0.4, -0.2) is 43.0 Å². The maximum Gasteiger partial charge on any atom is 0.416 e. The van der Waals surface area contributed by atoms with E-state index in [1.165, 1.54) is 6.07 Å². The third-order valence-corrected chi connectivity index (χ3v) is 3.79. The molecule has 1 aromatic rings. The molecule has 1 unspecified atom stereocenters. The first-order valence-corrected chi connectivity index (χ1v) is 6.47. The van der Waals surface area contributed by atoms with Gasteiger partial charge < -0.3 is 9.80 Å². The summed E-state index contributed by atoms with van der Waals surface area (Å²) in [6, 6.07) is 2.73. The second-order valence-electron chi connectivity index (χ2n) is 5.27. The summed E-state index contributed by atoms with van der Waals surface area (Å²) in [7, 11) is 3.62. The van der Waals surface area contributed by atoms with Crippen molar-refractivity contribution in [3.8, 4) is 0 Å². The Kier molecular flexibility index (Phi) is 4.08. The van der Waals surface area contributed by atoms with E-state index in [2.05, 4.69) is 4.90 Å². The van der Waals surface area contributed by atoms with Gasteiger partial charge >= 0.3 is 6.18 Å². The molecule has 1 aliphatic heterocycles. The Balaban J connectivity index is 2.37. The van der Waals surface area contributed by atoms with Gasteiger partial charge in [-0.25, -0.2) is 0 Å². The van der Waals surface area contributed by atoms with E-state index in [-0.39, 0.29) is 11.7 Å². The van der Waals surface area contributed by atoms with Crippen LogP contribution < -0.4 is 4.90 Å². The summed E-state index contributed by atoms with van der Waals surface area (Å²) in [6.07, 6.45) is -3.76. The average molecular weight is 303 g/mol. The van der Waals surface area contributed by atoms with Crippen LogP contribution in [0.15, 0.2) is 18.2 Å². The van der Waals surface area contributed by atoms with Gasteiger partial charge in [-0.05, 0) is 32.1 Å². The highest BCUT2D eigenvalue weighted by Gasteiger charge is 2.34. The average Bonchev–Trinajstić information content (AvgIpc) is 2.82. The molecule has 1 aliphatic rings. The van der Waals surface area contributed by atoms with Gasteiger partial charge in [0.25, 0.3) is 5.69 Å². The van der Waals surface area contributed by atoms with Crippen molar-refractivity contribution in [1.29, 1.82) is 0 Å². The molecule has 0 aromatic heterocycles. The van der Waals surface area contributed by atoms with Crippen LogP contribution in [0.1, 0.15) is 12.0 Å². The Morgan fingerprint density at radius 3 is 2.57 bits per heavy atom. The summed E-state index contributed by atoms with van der Waals surface area (Å²) in [5.41, 5.74) is -1.30. The van der Waals surface area contributed by atoms with Gasteiger partial charge in [-0.3, -0.25) is 10.1 Å². The topological polar surface area (TPSA) is 49.6 Å². The molecule has 21 heavy (non-hydrogen) atoms. The van der Waals surface area contributed by atoms with Crippen LogP contribution in [-0.2, 0) is 6.18 Å². The number of rotatable bonds is 3. The Labute approximate surface area is 120 Å². The van der Waals surface area contributed by atoms with E-state index in [1.807, 2.05) is 7.05 Å². The number of hydrogen-bond donors (Lipinski definition) is 0. The second-order valence-corrected chi connectivity index (χ2v) is 5.27. The standard InChI is InChI=1S/C13H16F3N3O2/c1-17-6-5-10(8-17)18(2)11-4-3-9(13(14,15)16)7-12(11)19(20)21/h3-4,7,10H,5-6,8H2,1-2H3. The molecule has 8 heteroatoms. The predicted octanol–water partition coefficient (Wildman–Crippen LogP) is 2.75. The fraction of sp³-hybridized carbons (Fsp3) is 0.538. The first-order valence-electron chi connectivity index (χ1n) is 6.47. The van der Waals surface area contributed by atoms with Gasteiger partial charge in [-0.2, -0.15) is 13.2 Å². The molecule has 1 saturated heterocycles. The number of alkyl halides is 3. The fourth-order valence-electron chi connectivity index (χ4n) is 2.57. The molecule has 2 rings (SSSR count). The summed E-state index contributed by atoms with van der Waals surface area (Å²) in [4.78, 5) is 14.1. The molecule has 1 fully saturated rings. The lowest BCUT2D eigenvalue weighted by Gasteiger charge is -2.26. The van der Waals surface area contributed by atoms with Crippen LogP contribution in [0.3, 0.4) is 0 Å². The number of hydrogen-bond acceptors (Lipinski definition) is 4. The summed E-state index contributed by atoms with van der Waals surface area (Å²) in [5.74, 6) is 0. The lowest BCUT2D eigenvalue weighted by atomic mass is 10.1. The van der Waals surface area contributed by atoms with E-state index in [9.17, 15) is 23.3 Å². The Morgan fingerprint density at radius 1 is 1.43 bits per heavy atom. The van der Waals surface area contributed by atoms with Crippen molar-refractivity contribution in [1.82, 2.24) is 4.90 Å². The summed E-state index contributed by atoms with van der Waals surface area (Å²) >= 11 is 0. The smallest absolute Gasteiger partial charge is 0.365 e. The first kappa shape index (κ1) is 15.6. The minimum Gasteiger partial charge on any atom is -0.365 e. The van der Waals surface area contributed by atoms with Gasteiger partial charge in [0, 0.05) is 25.7 Å². The van der Waals surface area contributed by atoms with Gasteiger partial charge in [-0.1, -0.05) is 0 Å². The van der Waals surface area contributed by atoms with Gasteiger partial charge in [0.2, 0.25) is 0 Å². The molecule has 0 radical (unpaired) electrons.